The van der Waals surface area contributed by atoms with Crippen molar-refractivity contribution in [2.45, 2.75) is 24.8 Å². The van der Waals surface area contributed by atoms with Crippen LogP contribution in [0.5, 0.6) is 5.75 Å². The van der Waals surface area contributed by atoms with Crippen LogP contribution in [0.4, 0.5) is 11.4 Å². The van der Waals surface area contributed by atoms with E-state index >= 15 is 0 Å². The first-order valence-corrected chi connectivity index (χ1v) is 11.4. The molecule has 1 atom stereocenters. The predicted octanol–water partition coefficient (Wildman–Crippen LogP) is 4.73. The van der Waals surface area contributed by atoms with Gasteiger partial charge in [-0.3, -0.25) is 9.52 Å². The number of nitrogens with zero attached hydrogens (tertiary/aromatic N) is 1. The average molecular weight is 470 g/mol. The number of hydrogen-bond donors (Lipinski definition) is 2. The first-order valence-electron chi connectivity index (χ1n) is 9.54. The molecule has 1 unspecified atom stereocenters. The highest BCUT2D eigenvalue weighted by Gasteiger charge is 2.20. The quantitative estimate of drug-likeness (QED) is 0.520. The summed E-state index contributed by atoms with van der Waals surface area (Å²) in [7, 11) is -3.89. The van der Waals surface area contributed by atoms with Crippen molar-refractivity contribution in [2.75, 3.05) is 10.0 Å². The van der Waals surface area contributed by atoms with Gasteiger partial charge in [-0.05, 0) is 80.1 Å². The summed E-state index contributed by atoms with van der Waals surface area (Å²) >= 11 is 5.84. The molecular formula is C23H20ClN3O4S. The molecule has 3 aromatic rings. The zero-order chi connectivity index (χ0) is 23.3. The van der Waals surface area contributed by atoms with Crippen molar-refractivity contribution in [3.8, 4) is 11.8 Å². The number of benzene rings is 3. The molecule has 0 saturated heterocycles. The Morgan fingerprint density at radius 3 is 2.28 bits per heavy atom. The molecule has 3 aromatic carbocycles. The Kier molecular flexibility index (Phi) is 7.03. The van der Waals surface area contributed by atoms with Gasteiger partial charge in [0, 0.05) is 16.4 Å². The van der Waals surface area contributed by atoms with E-state index in [-0.39, 0.29) is 4.90 Å². The number of ether oxygens (including phenoxy) is 1. The molecule has 2 N–H and O–H groups in total. The largest absolute Gasteiger partial charge is 0.481 e. The van der Waals surface area contributed by atoms with Gasteiger partial charge in [-0.15, -0.1) is 0 Å². The first kappa shape index (κ1) is 23.1. The van der Waals surface area contributed by atoms with Crippen molar-refractivity contribution in [1.29, 1.82) is 5.26 Å². The van der Waals surface area contributed by atoms with Gasteiger partial charge in [-0.1, -0.05) is 17.7 Å². The summed E-state index contributed by atoms with van der Waals surface area (Å²) in [6.45, 7) is 3.24. The molecule has 0 radical (unpaired) electrons. The maximum absolute atomic E-state index is 12.9. The smallest absolute Gasteiger partial charge is 0.265 e. The van der Waals surface area contributed by atoms with Crippen molar-refractivity contribution < 1.29 is 17.9 Å². The van der Waals surface area contributed by atoms with Crippen LogP contribution in [0.2, 0.25) is 5.02 Å². The highest BCUT2D eigenvalue weighted by atomic mass is 35.5. The number of rotatable bonds is 7. The van der Waals surface area contributed by atoms with E-state index in [4.69, 9.17) is 21.6 Å². The minimum Gasteiger partial charge on any atom is -0.481 e. The van der Waals surface area contributed by atoms with Gasteiger partial charge in [0.2, 0.25) is 0 Å². The maximum atomic E-state index is 12.9. The van der Waals surface area contributed by atoms with E-state index in [1.165, 1.54) is 6.07 Å². The molecule has 1 amide bonds. The molecule has 32 heavy (non-hydrogen) atoms. The molecule has 0 aliphatic heterocycles. The molecule has 9 heteroatoms. The normalized spacial score (nSPS) is 11.8. The zero-order valence-electron chi connectivity index (χ0n) is 17.3. The minimum atomic E-state index is -3.89. The number of nitrogens with one attached hydrogen (secondary N) is 2. The number of aryl methyl sites for hydroxylation is 1. The monoisotopic (exact) mass is 469 g/mol. The molecule has 0 saturated carbocycles. The molecule has 0 spiro atoms. The SMILES string of the molecule is Cc1ccc(NC(=O)C(C)Oc2ccc(C#N)cc2)cc1S(=O)(=O)Nc1ccc(Cl)cc1. The molecule has 0 bridgehead atoms. The van der Waals surface area contributed by atoms with Gasteiger partial charge < -0.3 is 10.1 Å². The van der Waals surface area contributed by atoms with E-state index in [9.17, 15) is 13.2 Å². The van der Waals surface area contributed by atoms with Crippen LogP contribution in [0.1, 0.15) is 18.1 Å². The molecule has 164 valence electrons. The van der Waals surface area contributed by atoms with Crippen LogP contribution >= 0.6 is 11.6 Å². The zero-order valence-corrected chi connectivity index (χ0v) is 18.9. The van der Waals surface area contributed by atoms with Crippen LogP contribution in [0.3, 0.4) is 0 Å². The fraction of sp³-hybridized carbons (Fsp3) is 0.130. The van der Waals surface area contributed by atoms with Crippen LogP contribution in [0.15, 0.2) is 71.6 Å². The number of amides is 1. The van der Waals surface area contributed by atoms with E-state index in [1.807, 2.05) is 6.07 Å². The average Bonchev–Trinajstić information content (AvgIpc) is 2.77. The van der Waals surface area contributed by atoms with Crippen molar-refractivity contribution >= 4 is 38.9 Å². The minimum absolute atomic E-state index is 0.0333. The van der Waals surface area contributed by atoms with Crippen molar-refractivity contribution in [2.24, 2.45) is 0 Å². The predicted molar refractivity (Wildman–Crippen MR) is 123 cm³/mol. The number of carbonyl (C=O) groups excluding carboxylic acids is 1. The third-order valence-corrected chi connectivity index (χ3v) is 6.28. The topological polar surface area (TPSA) is 108 Å². The molecule has 0 aliphatic carbocycles. The third kappa shape index (κ3) is 5.78. The Hall–Kier alpha value is -3.54. The Labute approximate surface area is 191 Å². The Balaban J connectivity index is 1.73. The number of anilines is 2. The number of halogens is 1. The van der Waals surface area contributed by atoms with Gasteiger partial charge in [-0.2, -0.15) is 5.26 Å². The number of hydrogen-bond acceptors (Lipinski definition) is 5. The summed E-state index contributed by atoms with van der Waals surface area (Å²) in [5.74, 6) is -0.0155. The summed E-state index contributed by atoms with van der Waals surface area (Å²) < 4.78 is 33.8. The van der Waals surface area contributed by atoms with Gasteiger partial charge >= 0.3 is 0 Å². The van der Waals surface area contributed by atoms with Crippen LogP contribution in [-0.4, -0.2) is 20.4 Å². The van der Waals surface area contributed by atoms with E-state index < -0.39 is 22.0 Å². The molecule has 7 nitrogen and oxygen atoms in total. The summed E-state index contributed by atoms with van der Waals surface area (Å²) in [6, 6.07) is 19.3. The first-order chi connectivity index (χ1) is 15.2. The van der Waals surface area contributed by atoms with E-state index in [2.05, 4.69) is 10.0 Å². The lowest BCUT2D eigenvalue weighted by Crippen LogP contribution is -2.30. The second-order valence-electron chi connectivity index (χ2n) is 6.98. The summed E-state index contributed by atoms with van der Waals surface area (Å²) in [6.07, 6.45) is -0.850. The number of carbonyl (C=O) groups is 1. The van der Waals surface area contributed by atoms with Gasteiger partial charge in [0.25, 0.3) is 15.9 Å². The summed E-state index contributed by atoms with van der Waals surface area (Å²) in [4.78, 5) is 12.6. The van der Waals surface area contributed by atoms with Gasteiger partial charge in [0.05, 0.1) is 16.5 Å². The second kappa shape index (κ2) is 9.73. The lowest BCUT2D eigenvalue weighted by atomic mass is 10.2. The van der Waals surface area contributed by atoms with Crippen molar-refractivity contribution in [1.82, 2.24) is 0 Å². The molecular weight excluding hydrogens is 450 g/mol. The number of sulfonamides is 1. The lowest BCUT2D eigenvalue weighted by Gasteiger charge is -2.16. The van der Waals surface area contributed by atoms with Crippen LogP contribution in [-0.2, 0) is 14.8 Å². The van der Waals surface area contributed by atoms with Crippen LogP contribution in [0.25, 0.3) is 0 Å². The van der Waals surface area contributed by atoms with Gasteiger partial charge in [0.15, 0.2) is 6.10 Å². The number of nitriles is 1. The highest BCUT2D eigenvalue weighted by molar-refractivity contribution is 7.92. The molecule has 3 rings (SSSR count). The van der Waals surface area contributed by atoms with Gasteiger partial charge in [0.1, 0.15) is 5.75 Å². The standard InChI is InChI=1S/C23H20ClN3O4S/c1-15-3-8-20(13-22(15)32(29,30)27-19-9-6-18(24)7-10-19)26-23(28)16(2)31-21-11-4-17(14-25)5-12-21/h3-13,16,27H,1-2H3,(H,26,28). The fourth-order valence-electron chi connectivity index (χ4n) is 2.80. The third-order valence-electron chi connectivity index (χ3n) is 4.51. The van der Waals surface area contributed by atoms with Crippen LogP contribution < -0.4 is 14.8 Å². The molecule has 0 fully saturated rings. The maximum Gasteiger partial charge on any atom is 0.265 e. The van der Waals surface area contributed by atoms with E-state index in [1.54, 1.807) is 74.5 Å². The van der Waals surface area contributed by atoms with E-state index in [0.717, 1.165) is 0 Å². The molecule has 0 aliphatic rings. The van der Waals surface area contributed by atoms with Crippen molar-refractivity contribution in [3.63, 3.8) is 0 Å². The molecule has 0 aromatic heterocycles. The van der Waals surface area contributed by atoms with Gasteiger partial charge in [-0.25, -0.2) is 8.42 Å². The van der Waals surface area contributed by atoms with Crippen molar-refractivity contribution in [3.05, 3.63) is 82.9 Å². The Morgan fingerprint density at radius 1 is 1.03 bits per heavy atom. The summed E-state index contributed by atoms with van der Waals surface area (Å²) in [5, 5.41) is 12.0. The van der Waals surface area contributed by atoms with E-state index in [0.29, 0.717) is 33.3 Å². The summed E-state index contributed by atoms with van der Waals surface area (Å²) in [5.41, 5.74) is 1.68. The Bertz CT molecular complexity index is 1270. The highest BCUT2D eigenvalue weighted by Crippen LogP contribution is 2.24. The van der Waals surface area contributed by atoms with Crippen LogP contribution in [0, 0.1) is 18.3 Å². The lowest BCUT2D eigenvalue weighted by molar-refractivity contribution is -0.122. The Morgan fingerprint density at radius 2 is 1.66 bits per heavy atom. The second-order valence-corrected chi connectivity index (χ2v) is 9.07. The molecule has 0 heterocycles. The fourth-order valence-corrected chi connectivity index (χ4v) is 4.26.